The maximum absolute atomic E-state index is 13.0. The molecule has 1 saturated heterocycles. The summed E-state index contributed by atoms with van der Waals surface area (Å²) in [5.41, 5.74) is 1.88. The number of amides is 3. The predicted octanol–water partition coefficient (Wildman–Crippen LogP) is 7.02. The van der Waals surface area contributed by atoms with Gasteiger partial charge < -0.3 is 14.8 Å². The van der Waals surface area contributed by atoms with Crippen molar-refractivity contribution >= 4 is 79.7 Å². The Morgan fingerprint density at radius 1 is 1.11 bits per heavy atom. The number of hydrogen-bond donors (Lipinski definition) is 1. The smallest absolute Gasteiger partial charge is 0.294 e. The molecule has 0 atom stereocenters. The lowest BCUT2D eigenvalue weighted by molar-refractivity contribution is -0.127. The number of carbonyl (C=O) groups is 3. The molecule has 1 fully saturated rings. The van der Waals surface area contributed by atoms with Crippen LogP contribution in [0.25, 0.3) is 6.08 Å². The van der Waals surface area contributed by atoms with Gasteiger partial charge in [0.05, 0.1) is 17.0 Å². The predicted molar refractivity (Wildman–Crippen MR) is 149 cm³/mol. The molecular weight excluding hydrogens is 603 g/mol. The zero-order valence-corrected chi connectivity index (χ0v) is 23.2. The number of carbonyl (C=O) groups excluding carboxylic acids is 3. The van der Waals surface area contributed by atoms with E-state index in [1.807, 2.05) is 12.1 Å². The summed E-state index contributed by atoms with van der Waals surface area (Å²) in [6.45, 7) is -0.201. The maximum atomic E-state index is 13.0. The molecule has 7 nitrogen and oxygen atoms in total. The van der Waals surface area contributed by atoms with E-state index in [0.717, 1.165) is 22.2 Å². The van der Waals surface area contributed by atoms with Crippen molar-refractivity contribution < 1.29 is 23.9 Å². The average Bonchev–Trinajstić information content (AvgIpc) is 3.13. The third-order valence-electron chi connectivity index (χ3n) is 5.19. The number of benzene rings is 3. The highest BCUT2D eigenvalue weighted by atomic mass is 79.9. The van der Waals surface area contributed by atoms with Crippen LogP contribution in [0, 0.1) is 0 Å². The van der Waals surface area contributed by atoms with Gasteiger partial charge >= 0.3 is 0 Å². The number of ether oxygens (including phenoxy) is 2. The minimum Gasteiger partial charge on any atom is -0.493 e. The summed E-state index contributed by atoms with van der Waals surface area (Å²) >= 11 is 16.0. The second-order valence-electron chi connectivity index (χ2n) is 7.74. The molecule has 0 spiro atoms. The molecule has 0 saturated carbocycles. The van der Waals surface area contributed by atoms with E-state index in [9.17, 15) is 14.4 Å². The Bertz CT molecular complexity index is 1400. The van der Waals surface area contributed by atoms with Crippen LogP contribution >= 0.6 is 50.9 Å². The van der Waals surface area contributed by atoms with Crippen molar-refractivity contribution in [2.24, 2.45) is 0 Å². The first-order chi connectivity index (χ1) is 17.7. The number of para-hydroxylation sites is 1. The second-order valence-corrected chi connectivity index (χ2v) is 10.4. The van der Waals surface area contributed by atoms with Gasteiger partial charge in [-0.1, -0.05) is 47.5 Å². The van der Waals surface area contributed by atoms with Crippen molar-refractivity contribution in [3.8, 4) is 11.5 Å². The number of nitrogens with one attached hydrogen (secondary N) is 1. The van der Waals surface area contributed by atoms with Gasteiger partial charge in [0.1, 0.15) is 13.2 Å². The van der Waals surface area contributed by atoms with E-state index in [4.69, 9.17) is 32.7 Å². The van der Waals surface area contributed by atoms with E-state index >= 15 is 0 Å². The molecule has 37 heavy (non-hydrogen) atoms. The number of anilines is 1. The SMILES string of the molecule is COc1cccc(/C=C2/SC(=O)N(CC(=O)Nc3ccc(Br)c(Cl)c3)C2=O)c1OCc1ccc(Cl)cc1. The van der Waals surface area contributed by atoms with Crippen LogP contribution in [0.2, 0.25) is 10.0 Å². The van der Waals surface area contributed by atoms with Gasteiger partial charge in [-0.2, -0.15) is 0 Å². The largest absolute Gasteiger partial charge is 0.493 e. The van der Waals surface area contributed by atoms with Crippen molar-refractivity contribution in [1.29, 1.82) is 0 Å². The lowest BCUT2D eigenvalue weighted by atomic mass is 10.1. The molecule has 1 N–H and O–H groups in total. The maximum Gasteiger partial charge on any atom is 0.294 e. The van der Waals surface area contributed by atoms with Crippen LogP contribution in [0.3, 0.4) is 0 Å². The van der Waals surface area contributed by atoms with Crippen molar-refractivity contribution in [2.45, 2.75) is 6.61 Å². The number of imide groups is 1. The zero-order chi connectivity index (χ0) is 26.5. The Kier molecular flexibility index (Phi) is 8.81. The van der Waals surface area contributed by atoms with E-state index in [2.05, 4.69) is 21.2 Å². The quantitative estimate of drug-likeness (QED) is 0.272. The summed E-state index contributed by atoms with van der Waals surface area (Å²) in [5.74, 6) is -0.230. The van der Waals surface area contributed by atoms with Gasteiger partial charge in [0.2, 0.25) is 5.91 Å². The highest BCUT2D eigenvalue weighted by molar-refractivity contribution is 9.10. The monoisotopic (exact) mass is 620 g/mol. The molecule has 3 amide bonds. The van der Waals surface area contributed by atoms with Gasteiger partial charge in [-0.15, -0.1) is 0 Å². The van der Waals surface area contributed by atoms with E-state index < -0.39 is 23.6 Å². The molecule has 4 rings (SSSR count). The third kappa shape index (κ3) is 6.67. The molecule has 1 heterocycles. The van der Waals surface area contributed by atoms with Crippen LogP contribution in [-0.2, 0) is 16.2 Å². The van der Waals surface area contributed by atoms with Gasteiger partial charge in [-0.3, -0.25) is 19.3 Å². The van der Waals surface area contributed by atoms with E-state index in [1.54, 1.807) is 54.6 Å². The summed E-state index contributed by atoms with van der Waals surface area (Å²) in [4.78, 5) is 39.1. The molecule has 0 bridgehead atoms. The summed E-state index contributed by atoms with van der Waals surface area (Å²) in [6, 6.07) is 17.3. The molecule has 0 unspecified atom stereocenters. The van der Waals surface area contributed by atoms with Gasteiger partial charge in [0.25, 0.3) is 11.1 Å². The van der Waals surface area contributed by atoms with Crippen LogP contribution in [-0.4, -0.2) is 35.6 Å². The first-order valence-corrected chi connectivity index (χ1v) is 13.2. The topological polar surface area (TPSA) is 84.9 Å². The summed E-state index contributed by atoms with van der Waals surface area (Å²) in [7, 11) is 1.51. The summed E-state index contributed by atoms with van der Waals surface area (Å²) in [6.07, 6.45) is 1.55. The van der Waals surface area contributed by atoms with Crippen molar-refractivity contribution in [2.75, 3.05) is 19.0 Å². The Hall–Kier alpha value is -2.98. The Labute approximate surface area is 235 Å². The fraction of sp³-hybridized carbons (Fsp3) is 0.115. The molecule has 3 aromatic rings. The minimum atomic E-state index is -0.578. The zero-order valence-electron chi connectivity index (χ0n) is 19.3. The number of halogens is 3. The van der Waals surface area contributed by atoms with Crippen LogP contribution in [0.4, 0.5) is 10.5 Å². The van der Waals surface area contributed by atoms with Gasteiger partial charge in [0.15, 0.2) is 11.5 Å². The van der Waals surface area contributed by atoms with Crippen LogP contribution in [0.1, 0.15) is 11.1 Å². The number of thioether (sulfide) groups is 1. The highest BCUT2D eigenvalue weighted by Gasteiger charge is 2.36. The molecule has 1 aliphatic rings. The summed E-state index contributed by atoms with van der Waals surface area (Å²) < 4.78 is 12.1. The standard InChI is InChI=1S/C26H19BrCl2N2O5S/c1-35-21-4-2-3-16(24(21)36-14-15-5-7-17(28)8-6-15)11-22-25(33)31(26(34)37-22)13-23(32)30-18-9-10-19(27)20(29)12-18/h2-12H,13-14H2,1H3,(H,30,32)/b22-11+. The fourth-order valence-electron chi connectivity index (χ4n) is 3.39. The average molecular weight is 622 g/mol. The van der Waals surface area contributed by atoms with Gasteiger partial charge in [0, 0.05) is 20.7 Å². The van der Waals surface area contributed by atoms with Crippen molar-refractivity contribution in [1.82, 2.24) is 4.90 Å². The molecular formula is C26H19BrCl2N2O5S. The van der Waals surface area contributed by atoms with Crippen LogP contribution in [0.5, 0.6) is 11.5 Å². The first kappa shape index (κ1) is 27.1. The Morgan fingerprint density at radius 2 is 1.86 bits per heavy atom. The van der Waals surface area contributed by atoms with Gasteiger partial charge in [-0.05, 0) is 75.7 Å². The molecule has 0 radical (unpaired) electrons. The molecule has 0 aliphatic carbocycles. The minimum absolute atomic E-state index is 0.161. The second kappa shape index (κ2) is 12.0. The van der Waals surface area contributed by atoms with E-state index in [-0.39, 0.29) is 11.5 Å². The normalized spacial score (nSPS) is 14.3. The fourth-order valence-corrected chi connectivity index (χ4v) is 4.78. The Morgan fingerprint density at radius 3 is 2.57 bits per heavy atom. The van der Waals surface area contributed by atoms with Gasteiger partial charge in [-0.25, -0.2) is 0 Å². The van der Waals surface area contributed by atoms with Crippen LogP contribution < -0.4 is 14.8 Å². The molecule has 0 aromatic heterocycles. The number of nitrogens with zero attached hydrogens (tertiary/aromatic N) is 1. The van der Waals surface area contributed by atoms with E-state index in [1.165, 1.54) is 7.11 Å². The molecule has 190 valence electrons. The van der Waals surface area contributed by atoms with Crippen molar-refractivity contribution in [3.05, 3.63) is 91.2 Å². The van der Waals surface area contributed by atoms with E-state index in [0.29, 0.717) is 37.3 Å². The van der Waals surface area contributed by atoms with Crippen molar-refractivity contribution in [3.63, 3.8) is 0 Å². The molecule has 11 heteroatoms. The first-order valence-electron chi connectivity index (χ1n) is 10.8. The lowest BCUT2D eigenvalue weighted by Gasteiger charge is -2.14. The third-order valence-corrected chi connectivity index (χ3v) is 7.58. The number of rotatable bonds is 8. The lowest BCUT2D eigenvalue weighted by Crippen LogP contribution is -2.36. The Balaban J connectivity index is 1.50. The number of hydrogen-bond acceptors (Lipinski definition) is 6. The number of methoxy groups -OCH3 is 1. The summed E-state index contributed by atoms with van der Waals surface area (Å²) in [5, 5.41) is 3.12. The molecule has 3 aromatic carbocycles. The van der Waals surface area contributed by atoms with Crippen LogP contribution in [0.15, 0.2) is 70.0 Å². The highest BCUT2D eigenvalue weighted by Crippen LogP contribution is 2.38. The molecule has 1 aliphatic heterocycles.